The van der Waals surface area contributed by atoms with Gasteiger partial charge < -0.3 is 9.64 Å². The fourth-order valence-electron chi connectivity index (χ4n) is 3.95. The maximum atomic E-state index is 13.5. The molecule has 4 rings (SSSR count). The standard InChI is InChI=1S/C25H32F3N7O4S/c1-15-11-24(5,6)34(13-15)21-17(22(36)33-40(37,38)18-12-29-31-16(18)2)7-8-19(30-21)35-10-9-20(32-35)39-14-23(3,4)25(26,27)28/h7-10,12,15H,11,13-14H2,1-6H3,(H,29,31)(H,33,36)/t15-/m0/s1/i1T3,11T2. The predicted molar refractivity (Wildman–Crippen MR) is 140 cm³/mol. The van der Waals surface area contributed by atoms with Gasteiger partial charge in [0, 0.05) is 31.2 Å². The van der Waals surface area contributed by atoms with Crippen molar-refractivity contribution in [3.63, 3.8) is 0 Å². The summed E-state index contributed by atoms with van der Waals surface area (Å²) in [4.78, 5) is 18.9. The summed E-state index contributed by atoms with van der Waals surface area (Å²) in [6.45, 7) is 2.35. The molecule has 0 aromatic carbocycles. The number of alkyl halides is 3. The molecule has 218 valence electrons. The van der Waals surface area contributed by atoms with E-state index in [0.29, 0.717) is 0 Å². The lowest BCUT2D eigenvalue weighted by Crippen LogP contribution is -2.41. The second-order valence-electron chi connectivity index (χ2n) is 10.5. The molecule has 3 aromatic rings. The molecule has 1 fully saturated rings. The number of nitrogens with one attached hydrogen (secondary N) is 2. The van der Waals surface area contributed by atoms with E-state index < -0.39 is 65.4 Å². The number of rotatable bonds is 8. The number of aryl methyl sites for hydroxylation is 1. The average molecular weight is 594 g/mol. The summed E-state index contributed by atoms with van der Waals surface area (Å²) in [5.41, 5.74) is -3.91. The number of nitrogens with zero attached hydrogens (tertiary/aromatic N) is 5. The molecule has 11 nitrogen and oxygen atoms in total. The summed E-state index contributed by atoms with van der Waals surface area (Å²) in [7, 11) is -4.43. The molecular weight excluding hydrogens is 551 g/mol. The van der Waals surface area contributed by atoms with Crippen LogP contribution in [0.25, 0.3) is 5.82 Å². The molecule has 0 unspecified atom stereocenters. The zero-order chi connectivity index (χ0) is 34.0. The number of ether oxygens (including phenoxy) is 1. The molecule has 0 bridgehead atoms. The van der Waals surface area contributed by atoms with Crippen molar-refractivity contribution >= 4 is 21.7 Å². The second-order valence-corrected chi connectivity index (χ2v) is 12.1. The summed E-state index contributed by atoms with van der Waals surface area (Å²) in [5.74, 6) is -3.08. The molecule has 0 radical (unpaired) electrons. The van der Waals surface area contributed by atoms with Gasteiger partial charge in [0.2, 0.25) is 5.88 Å². The Morgan fingerprint density at radius 3 is 2.65 bits per heavy atom. The largest absolute Gasteiger partial charge is 0.476 e. The van der Waals surface area contributed by atoms with Crippen molar-refractivity contribution in [2.75, 3.05) is 18.1 Å². The van der Waals surface area contributed by atoms with Crippen molar-refractivity contribution in [3.8, 4) is 11.7 Å². The van der Waals surface area contributed by atoms with E-state index in [1.165, 1.54) is 50.1 Å². The van der Waals surface area contributed by atoms with Gasteiger partial charge in [0.1, 0.15) is 17.3 Å². The van der Waals surface area contributed by atoms with E-state index in [0.717, 1.165) is 24.7 Å². The summed E-state index contributed by atoms with van der Waals surface area (Å²) in [5, 5.41) is 10.2. The highest BCUT2D eigenvalue weighted by molar-refractivity contribution is 7.90. The van der Waals surface area contributed by atoms with E-state index in [1.54, 1.807) is 0 Å². The van der Waals surface area contributed by atoms with Crippen LogP contribution in [0.1, 0.15) is 63.8 Å². The van der Waals surface area contributed by atoms with Gasteiger partial charge in [-0.2, -0.15) is 18.3 Å². The first-order valence-electron chi connectivity index (χ1n) is 14.5. The Bertz CT molecular complexity index is 1700. The van der Waals surface area contributed by atoms with Crippen LogP contribution in [0.15, 0.2) is 35.5 Å². The normalized spacial score (nSPS) is 21.1. The number of hydrogen-bond acceptors (Lipinski definition) is 8. The Hall–Kier alpha value is -3.62. The number of anilines is 1. The van der Waals surface area contributed by atoms with Crippen LogP contribution in [-0.4, -0.2) is 64.2 Å². The number of amides is 1. The van der Waals surface area contributed by atoms with E-state index in [-0.39, 0.29) is 33.7 Å². The Morgan fingerprint density at radius 2 is 2.05 bits per heavy atom. The van der Waals surface area contributed by atoms with Crippen LogP contribution in [0, 0.1) is 18.3 Å². The van der Waals surface area contributed by atoms with Crippen molar-refractivity contribution in [1.29, 1.82) is 0 Å². The number of H-pyrrole nitrogens is 1. The van der Waals surface area contributed by atoms with E-state index >= 15 is 0 Å². The quantitative estimate of drug-likeness (QED) is 0.400. The van der Waals surface area contributed by atoms with Gasteiger partial charge >= 0.3 is 6.18 Å². The van der Waals surface area contributed by atoms with Gasteiger partial charge in [-0.15, -0.1) is 5.10 Å². The number of carbonyl (C=O) groups excluding carboxylic acids is 1. The van der Waals surface area contributed by atoms with Crippen LogP contribution in [0.5, 0.6) is 5.88 Å². The minimum absolute atomic E-state index is 0.00582. The first kappa shape index (κ1) is 23.1. The molecule has 1 saturated heterocycles. The highest BCUT2D eigenvalue weighted by Gasteiger charge is 2.48. The Kier molecular flexibility index (Phi) is 5.83. The van der Waals surface area contributed by atoms with Gasteiger partial charge in [0.25, 0.3) is 15.9 Å². The van der Waals surface area contributed by atoms with Gasteiger partial charge in [-0.1, -0.05) is 6.85 Å². The highest BCUT2D eigenvalue weighted by Crippen LogP contribution is 2.39. The monoisotopic (exact) mass is 593 g/mol. The van der Waals surface area contributed by atoms with Crippen LogP contribution in [0.2, 0.25) is 0 Å². The third kappa shape index (κ3) is 5.78. The van der Waals surface area contributed by atoms with Gasteiger partial charge in [0.15, 0.2) is 5.82 Å². The first-order valence-corrected chi connectivity index (χ1v) is 13.5. The summed E-state index contributed by atoms with van der Waals surface area (Å²) in [6.07, 6.45) is -4.53. The molecular formula is C25H32F3N7O4S. The van der Waals surface area contributed by atoms with Crippen molar-refractivity contribution in [2.45, 2.75) is 64.5 Å². The molecule has 4 heterocycles. The smallest absolute Gasteiger partial charge is 0.397 e. The minimum atomic E-state index is -4.54. The number of aromatic amines is 1. The van der Waals surface area contributed by atoms with Gasteiger partial charge in [-0.3, -0.25) is 9.89 Å². The molecule has 2 N–H and O–H groups in total. The lowest BCUT2D eigenvalue weighted by atomic mass is 9.94. The van der Waals surface area contributed by atoms with Crippen molar-refractivity contribution in [3.05, 3.63) is 41.9 Å². The van der Waals surface area contributed by atoms with Gasteiger partial charge in [0.05, 0.1) is 22.9 Å². The van der Waals surface area contributed by atoms with Crippen molar-refractivity contribution < 1.29 is 38.0 Å². The minimum Gasteiger partial charge on any atom is -0.476 e. The maximum absolute atomic E-state index is 13.5. The Morgan fingerprint density at radius 1 is 1.32 bits per heavy atom. The molecule has 1 atom stereocenters. The van der Waals surface area contributed by atoms with Crippen LogP contribution in [0.3, 0.4) is 0 Å². The number of hydrogen-bond donors (Lipinski definition) is 2. The van der Waals surface area contributed by atoms with Gasteiger partial charge in [-0.05, 0) is 59.0 Å². The Balaban J connectivity index is 1.77. The molecule has 0 saturated carbocycles. The average Bonchev–Trinajstić information content (AvgIpc) is 3.59. The molecule has 0 spiro atoms. The molecule has 0 aliphatic carbocycles. The fraction of sp³-hybridized carbons (Fsp3) is 0.520. The SMILES string of the molecule is [3H]C([3H])([3H])[C@@H]1CN(c2nc(-n3ccc(OCC(C)(C)C(F)(F)F)n3)ccc2C(=O)NS(=O)(=O)c2cn[nH]c2C)C(C)(C)C1([3H])[3H]. The second kappa shape index (κ2) is 10.1. The van der Waals surface area contributed by atoms with Crippen LogP contribution < -0.4 is 14.4 Å². The molecule has 40 heavy (non-hydrogen) atoms. The fourth-order valence-corrected chi connectivity index (χ4v) is 5.06. The first-order chi connectivity index (χ1) is 20.4. The third-order valence-electron chi connectivity index (χ3n) is 6.38. The lowest BCUT2D eigenvalue weighted by molar-refractivity contribution is -0.219. The van der Waals surface area contributed by atoms with Gasteiger partial charge in [-0.25, -0.2) is 22.8 Å². The maximum Gasteiger partial charge on any atom is 0.397 e. The summed E-state index contributed by atoms with van der Waals surface area (Å²) in [6, 6.07) is 3.77. The third-order valence-corrected chi connectivity index (χ3v) is 7.82. The summed E-state index contributed by atoms with van der Waals surface area (Å²) >= 11 is 0. The van der Waals surface area contributed by atoms with E-state index in [1.807, 2.05) is 4.72 Å². The molecule has 1 amide bonds. The highest BCUT2D eigenvalue weighted by atomic mass is 32.2. The van der Waals surface area contributed by atoms with Crippen LogP contribution in [0.4, 0.5) is 19.0 Å². The van der Waals surface area contributed by atoms with Crippen molar-refractivity contribution in [1.82, 2.24) is 29.7 Å². The molecule has 1 aliphatic rings. The number of sulfonamides is 1. The molecule has 15 heteroatoms. The number of halogens is 3. The zero-order valence-electron chi connectivity index (χ0n) is 27.3. The van der Waals surface area contributed by atoms with Crippen LogP contribution >= 0.6 is 0 Å². The number of pyridine rings is 1. The Labute approximate surface area is 237 Å². The zero-order valence-corrected chi connectivity index (χ0v) is 23.1. The topological polar surface area (TPSA) is 135 Å². The van der Waals surface area contributed by atoms with E-state index in [2.05, 4.69) is 20.3 Å². The van der Waals surface area contributed by atoms with E-state index in [4.69, 9.17) is 11.6 Å². The predicted octanol–water partition coefficient (Wildman–Crippen LogP) is 4.01. The molecule has 1 aliphatic heterocycles. The number of aromatic nitrogens is 5. The molecule has 3 aromatic heterocycles. The summed E-state index contributed by atoms with van der Waals surface area (Å²) < 4.78 is 115. The lowest BCUT2D eigenvalue weighted by Gasteiger charge is -2.34. The van der Waals surface area contributed by atoms with Crippen LogP contribution in [-0.2, 0) is 10.0 Å². The van der Waals surface area contributed by atoms with Crippen molar-refractivity contribution in [2.24, 2.45) is 11.3 Å². The van der Waals surface area contributed by atoms with E-state index in [9.17, 15) is 26.4 Å². The number of carbonyl (C=O) groups is 1.